The number of halogens is 1. The molecule has 4 rings (SSSR count). The third kappa shape index (κ3) is 2.27. The van der Waals surface area contributed by atoms with E-state index in [1.165, 1.54) is 0 Å². The third-order valence-electron chi connectivity index (χ3n) is 4.13. The Bertz CT molecular complexity index is 1160. The number of H-pyrrole nitrogens is 1. The Morgan fingerprint density at radius 3 is 2.50 bits per heavy atom. The quantitative estimate of drug-likeness (QED) is 0.504. The number of rotatable bonds is 2. The molecule has 0 unspecified atom stereocenters. The Labute approximate surface area is 146 Å². The minimum absolute atomic E-state index is 0.128. The molecule has 0 atom stereocenters. The number of benzene rings is 2. The molecule has 3 nitrogen and oxygen atoms in total. The van der Waals surface area contributed by atoms with E-state index >= 15 is 0 Å². The molecule has 0 amide bonds. The number of hydrogen-bond donors (Lipinski definition) is 1. The Kier molecular flexibility index (Phi) is 3.52. The van der Waals surface area contributed by atoms with Gasteiger partial charge in [-0.3, -0.25) is 9.59 Å². The van der Waals surface area contributed by atoms with Gasteiger partial charge in [-0.25, -0.2) is 0 Å². The van der Waals surface area contributed by atoms with Gasteiger partial charge >= 0.3 is 0 Å². The van der Waals surface area contributed by atoms with Gasteiger partial charge in [0.15, 0.2) is 0 Å². The van der Waals surface area contributed by atoms with Crippen LogP contribution in [0.5, 0.6) is 0 Å². The molecule has 0 aliphatic rings. The second-order valence-electron chi connectivity index (χ2n) is 5.65. The first-order chi connectivity index (χ1) is 11.6. The van der Waals surface area contributed by atoms with Gasteiger partial charge in [-0.05, 0) is 24.1 Å². The molecule has 5 heteroatoms. The summed E-state index contributed by atoms with van der Waals surface area (Å²) in [6, 6.07) is 13.4. The van der Waals surface area contributed by atoms with Crippen LogP contribution in [-0.2, 0) is 0 Å². The number of fused-ring (bicyclic) bond motifs is 3. The zero-order chi connectivity index (χ0) is 16.8. The fraction of sp³-hybridized carbons (Fsp3) is 0.0526. The Hall–Kier alpha value is -2.43. The lowest BCUT2D eigenvalue weighted by molar-refractivity contribution is 0.112. The van der Waals surface area contributed by atoms with Crippen LogP contribution >= 0.6 is 22.9 Å². The van der Waals surface area contributed by atoms with Gasteiger partial charge in [-0.1, -0.05) is 48.0 Å². The van der Waals surface area contributed by atoms with Crippen molar-refractivity contribution in [3.05, 3.63) is 69.0 Å². The first-order valence-corrected chi connectivity index (χ1v) is 8.58. The second-order valence-corrected chi connectivity index (χ2v) is 7.08. The standard InChI is InChI=1S/C19H12ClNO2S/c1-10-17(20)18(23)16-14-7-6-13(8-15(14)24-19(16)21-10)12-4-2-11(9-22)3-5-12/h2-9H,1H3,(H,21,23). The fourth-order valence-corrected chi connectivity index (χ4v) is 4.19. The minimum atomic E-state index is -0.128. The van der Waals surface area contributed by atoms with Crippen LogP contribution in [0.25, 0.3) is 31.4 Å². The third-order valence-corrected chi connectivity index (χ3v) is 5.65. The molecule has 1 N–H and O–H groups in total. The van der Waals surface area contributed by atoms with Crippen molar-refractivity contribution < 1.29 is 4.79 Å². The molecule has 2 aromatic carbocycles. The van der Waals surface area contributed by atoms with E-state index in [2.05, 4.69) is 11.1 Å². The predicted molar refractivity (Wildman–Crippen MR) is 101 cm³/mol. The highest BCUT2D eigenvalue weighted by atomic mass is 35.5. The van der Waals surface area contributed by atoms with Crippen molar-refractivity contribution in [2.24, 2.45) is 0 Å². The Morgan fingerprint density at radius 1 is 1.08 bits per heavy atom. The van der Waals surface area contributed by atoms with E-state index in [1.54, 1.807) is 30.4 Å². The Balaban J connectivity index is 1.95. The summed E-state index contributed by atoms with van der Waals surface area (Å²) in [5, 5.41) is 1.80. The van der Waals surface area contributed by atoms with Crippen molar-refractivity contribution in [2.45, 2.75) is 6.92 Å². The van der Waals surface area contributed by atoms with Crippen LogP contribution in [0, 0.1) is 6.92 Å². The van der Waals surface area contributed by atoms with Gasteiger partial charge in [0.2, 0.25) is 5.43 Å². The number of aryl methyl sites for hydroxylation is 1. The van der Waals surface area contributed by atoms with E-state index in [1.807, 2.05) is 24.3 Å². The van der Waals surface area contributed by atoms with Crippen molar-refractivity contribution in [3.63, 3.8) is 0 Å². The molecule has 0 aliphatic heterocycles. The van der Waals surface area contributed by atoms with Gasteiger partial charge in [0.25, 0.3) is 0 Å². The molecule has 118 valence electrons. The van der Waals surface area contributed by atoms with Crippen molar-refractivity contribution >= 4 is 49.5 Å². The molecule has 0 saturated carbocycles. The van der Waals surface area contributed by atoms with Crippen LogP contribution in [0.15, 0.2) is 47.3 Å². The van der Waals surface area contributed by atoms with E-state index in [9.17, 15) is 9.59 Å². The van der Waals surface area contributed by atoms with Crippen molar-refractivity contribution in [2.75, 3.05) is 0 Å². The molecule has 4 aromatic rings. The maximum Gasteiger partial charge on any atom is 0.209 e. The number of carbonyl (C=O) groups is 1. The average Bonchev–Trinajstić information content (AvgIpc) is 2.97. The molecular weight excluding hydrogens is 342 g/mol. The van der Waals surface area contributed by atoms with E-state index in [0.717, 1.165) is 32.3 Å². The highest BCUT2D eigenvalue weighted by Crippen LogP contribution is 2.35. The smallest absolute Gasteiger partial charge is 0.209 e. The molecule has 0 aliphatic carbocycles. The number of thiophene rings is 1. The van der Waals surface area contributed by atoms with Crippen LogP contribution < -0.4 is 5.43 Å². The lowest BCUT2D eigenvalue weighted by Gasteiger charge is -2.02. The number of carbonyl (C=O) groups excluding carboxylic acids is 1. The summed E-state index contributed by atoms with van der Waals surface area (Å²) < 4.78 is 1.02. The van der Waals surface area contributed by atoms with Gasteiger partial charge in [0, 0.05) is 21.3 Å². The lowest BCUT2D eigenvalue weighted by atomic mass is 10.0. The number of nitrogens with one attached hydrogen (secondary N) is 1. The van der Waals surface area contributed by atoms with Gasteiger partial charge < -0.3 is 4.98 Å². The molecule has 0 bridgehead atoms. The van der Waals surface area contributed by atoms with Crippen LogP contribution in [0.2, 0.25) is 5.02 Å². The van der Waals surface area contributed by atoms with Gasteiger partial charge in [0.1, 0.15) is 16.1 Å². The van der Waals surface area contributed by atoms with E-state index in [-0.39, 0.29) is 10.5 Å². The summed E-state index contributed by atoms with van der Waals surface area (Å²) in [5.74, 6) is 0. The number of aldehydes is 1. The maximum atomic E-state index is 12.5. The number of aromatic nitrogens is 1. The summed E-state index contributed by atoms with van der Waals surface area (Å²) in [7, 11) is 0. The van der Waals surface area contributed by atoms with Crippen molar-refractivity contribution in [3.8, 4) is 11.1 Å². The van der Waals surface area contributed by atoms with Gasteiger partial charge in [-0.15, -0.1) is 11.3 Å². The van der Waals surface area contributed by atoms with Crippen LogP contribution in [-0.4, -0.2) is 11.3 Å². The number of aromatic amines is 1. The SMILES string of the molecule is Cc1[nH]c2sc3cc(-c4ccc(C=O)cc4)ccc3c2c(=O)c1Cl. The normalized spacial score (nSPS) is 11.2. The summed E-state index contributed by atoms with van der Waals surface area (Å²) in [6.07, 6.45) is 0.830. The van der Waals surface area contributed by atoms with Crippen LogP contribution in [0.3, 0.4) is 0 Å². The summed E-state index contributed by atoms with van der Waals surface area (Å²) >= 11 is 7.65. The molecular formula is C19H12ClNO2S. The molecule has 24 heavy (non-hydrogen) atoms. The predicted octanol–water partition coefficient (Wildman–Crippen LogP) is 5.18. The molecule has 0 spiro atoms. The highest BCUT2D eigenvalue weighted by Gasteiger charge is 2.14. The monoisotopic (exact) mass is 353 g/mol. The Morgan fingerprint density at radius 2 is 1.79 bits per heavy atom. The lowest BCUT2D eigenvalue weighted by Crippen LogP contribution is -2.04. The van der Waals surface area contributed by atoms with Crippen molar-refractivity contribution in [1.29, 1.82) is 0 Å². The van der Waals surface area contributed by atoms with E-state index in [0.29, 0.717) is 16.6 Å². The minimum Gasteiger partial charge on any atom is -0.349 e. The van der Waals surface area contributed by atoms with E-state index < -0.39 is 0 Å². The first-order valence-electron chi connectivity index (χ1n) is 7.39. The van der Waals surface area contributed by atoms with Gasteiger partial charge in [0.05, 0.1) is 5.39 Å². The zero-order valence-corrected chi connectivity index (χ0v) is 14.3. The highest BCUT2D eigenvalue weighted by molar-refractivity contribution is 7.25. The number of hydrogen-bond acceptors (Lipinski definition) is 3. The number of pyridine rings is 1. The second kappa shape index (κ2) is 5.58. The summed E-state index contributed by atoms with van der Waals surface area (Å²) in [4.78, 5) is 27.3. The molecule has 2 aromatic heterocycles. The van der Waals surface area contributed by atoms with Crippen molar-refractivity contribution in [1.82, 2.24) is 4.98 Å². The topological polar surface area (TPSA) is 49.9 Å². The van der Waals surface area contributed by atoms with Gasteiger partial charge in [-0.2, -0.15) is 0 Å². The van der Waals surface area contributed by atoms with Crippen LogP contribution in [0.1, 0.15) is 16.1 Å². The zero-order valence-electron chi connectivity index (χ0n) is 12.7. The van der Waals surface area contributed by atoms with Crippen LogP contribution in [0.4, 0.5) is 0 Å². The first kappa shape index (κ1) is 15.1. The molecule has 0 radical (unpaired) electrons. The van der Waals surface area contributed by atoms with E-state index in [4.69, 9.17) is 11.6 Å². The fourth-order valence-electron chi connectivity index (χ4n) is 2.85. The largest absolute Gasteiger partial charge is 0.349 e. The molecule has 0 saturated heterocycles. The summed E-state index contributed by atoms with van der Waals surface area (Å²) in [6.45, 7) is 1.80. The average molecular weight is 354 g/mol. The maximum absolute atomic E-state index is 12.5. The molecule has 2 heterocycles. The molecule has 0 fully saturated rings. The summed E-state index contributed by atoms with van der Waals surface area (Å²) in [5.41, 5.74) is 3.28.